The van der Waals surface area contributed by atoms with Crippen LogP contribution in [0.1, 0.15) is 10.4 Å². The Hall–Kier alpha value is -1.56. The summed E-state index contributed by atoms with van der Waals surface area (Å²) in [5.41, 5.74) is 0.685. The SMILES string of the molecule is O=C(c1ccc(Cl)cc1)N1CCN(CCSc2ccc(F)cc2)CC1. The number of nitrogens with zero attached hydrogens (tertiary/aromatic N) is 2. The lowest BCUT2D eigenvalue weighted by Crippen LogP contribution is -2.49. The summed E-state index contributed by atoms with van der Waals surface area (Å²) in [6, 6.07) is 13.6. The molecule has 1 amide bonds. The average molecular weight is 379 g/mol. The molecule has 0 atom stereocenters. The van der Waals surface area contributed by atoms with Crippen LogP contribution in [0.4, 0.5) is 4.39 Å². The first-order valence-electron chi connectivity index (χ1n) is 8.27. The van der Waals surface area contributed by atoms with E-state index in [4.69, 9.17) is 11.6 Å². The van der Waals surface area contributed by atoms with E-state index in [9.17, 15) is 9.18 Å². The lowest BCUT2D eigenvalue weighted by Gasteiger charge is -2.34. The molecular formula is C19H20ClFN2OS. The van der Waals surface area contributed by atoms with Gasteiger partial charge in [-0.15, -0.1) is 11.8 Å². The van der Waals surface area contributed by atoms with E-state index in [0.29, 0.717) is 10.6 Å². The van der Waals surface area contributed by atoms with Gasteiger partial charge in [0, 0.05) is 54.0 Å². The van der Waals surface area contributed by atoms with Gasteiger partial charge in [0.25, 0.3) is 5.91 Å². The van der Waals surface area contributed by atoms with E-state index in [0.717, 1.165) is 43.4 Å². The van der Waals surface area contributed by atoms with E-state index in [1.54, 1.807) is 36.0 Å². The van der Waals surface area contributed by atoms with Crippen LogP contribution in [0.15, 0.2) is 53.4 Å². The monoisotopic (exact) mass is 378 g/mol. The summed E-state index contributed by atoms with van der Waals surface area (Å²) in [7, 11) is 0. The molecule has 25 heavy (non-hydrogen) atoms. The van der Waals surface area contributed by atoms with Gasteiger partial charge in [0.15, 0.2) is 0 Å². The number of carbonyl (C=O) groups excluding carboxylic acids is 1. The molecule has 132 valence electrons. The van der Waals surface area contributed by atoms with Crippen molar-refractivity contribution in [1.82, 2.24) is 9.80 Å². The van der Waals surface area contributed by atoms with Gasteiger partial charge in [0.2, 0.25) is 0 Å². The molecule has 1 saturated heterocycles. The standard InChI is InChI=1S/C19H20ClFN2OS/c20-16-3-1-15(2-4-16)19(24)23-11-9-22(10-12-23)13-14-25-18-7-5-17(21)6-8-18/h1-8H,9-14H2. The molecule has 0 bridgehead atoms. The molecule has 1 heterocycles. The van der Waals surface area contributed by atoms with Gasteiger partial charge in [-0.2, -0.15) is 0 Å². The van der Waals surface area contributed by atoms with E-state index in [2.05, 4.69) is 4.90 Å². The number of benzene rings is 2. The number of halogens is 2. The van der Waals surface area contributed by atoms with Crippen LogP contribution in [0.2, 0.25) is 5.02 Å². The van der Waals surface area contributed by atoms with Crippen molar-refractivity contribution >= 4 is 29.3 Å². The van der Waals surface area contributed by atoms with Crippen LogP contribution in [0, 0.1) is 5.82 Å². The van der Waals surface area contributed by atoms with Crippen LogP contribution in [-0.2, 0) is 0 Å². The van der Waals surface area contributed by atoms with E-state index < -0.39 is 0 Å². The van der Waals surface area contributed by atoms with Crippen LogP contribution < -0.4 is 0 Å². The van der Waals surface area contributed by atoms with Crippen molar-refractivity contribution in [3.63, 3.8) is 0 Å². The van der Waals surface area contributed by atoms with Crippen molar-refractivity contribution in [1.29, 1.82) is 0 Å². The zero-order chi connectivity index (χ0) is 17.6. The minimum atomic E-state index is -0.203. The number of carbonyl (C=O) groups is 1. The van der Waals surface area contributed by atoms with Crippen LogP contribution in [0.3, 0.4) is 0 Å². The Balaban J connectivity index is 1.41. The summed E-state index contributed by atoms with van der Waals surface area (Å²) in [4.78, 5) is 17.8. The smallest absolute Gasteiger partial charge is 0.253 e. The summed E-state index contributed by atoms with van der Waals surface area (Å²) < 4.78 is 12.9. The molecule has 1 aliphatic rings. The molecule has 3 rings (SSSR count). The second-order valence-corrected chi connectivity index (χ2v) is 7.55. The summed E-state index contributed by atoms with van der Waals surface area (Å²) >= 11 is 7.60. The number of piperazine rings is 1. The highest BCUT2D eigenvalue weighted by Gasteiger charge is 2.21. The predicted octanol–water partition coefficient (Wildman–Crippen LogP) is 4.03. The molecule has 3 nitrogen and oxygen atoms in total. The summed E-state index contributed by atoms with van der Waals surface area (Å²) in [6.07, 6.45) is 0. The van der Waals surface area contributed by atoms with Crippen LogP contribution in [0.5, 0.6) is 0 Å². The first kappa shape index (κ1) is 18.2. The molecule has 0 N–H and O–H groups in total. The minimum absolute atomic E-state index is 0.0667. The van der Waals surface area contributed by atoms with Gasteiger partial charge in [-0.25, -0.2) is 4.39 Å². The summed E-state index contributed by atoms with van der Waals surface area (Å²) in [5.74, 6) is 0.819. The highest BCUT2D eigenvalue weighted by atomic mass is 35.5. The predicted molar refractivity (Wildman–Crippen MR) is 101 cm³/mol. The van der Waals surface area contributed by atoms with Crippen LogP contribution in [0.25, 0.3) is 0 Å². The van der Waals surface area contributed by atoms with E-state index in [-0.39, 0.29) is 11.7 Å². The lowest BCUT2D eigenvalue weighted by molar-refractivity contribution is 0.0644. The fraction of sp³-hybridized carbons (Fsp3) is 0.316. The number of hydrogen-bond acceptors (Lipinski definition) is 3. The van der Waals surface area contributed by atoms with Crippen molar-refractivity contribution in [2.24, 2.45) is 0 Å². The molecule has 0 unspecified atom stereocenters. The molecule has 0 saturated carbocycles. The van der Waals surface area contributed by atoms with Gasteiger partial charge in [-0.3, -0.25) is 9.69 Å². The maximum atomic E-state index is 12.9. The molecule has 1 aliphatic heterocycles. The maximum Gasteiger partial charge on any atom is 0.253 e. The Bertz CT molecular complexity index is 700. The third-order valence-corrected chi connectivity index (χ3v) is 5.48. The minimum Gasteiger partial charge on any atom is -0.336 e. The van der Waals surface area contributed by atoms with Gasteiger partial charge in [-0.05, 0) is 48.5 Å². The topological polar surface area (TPSA) is 23.6 Å². The molecule has 1 fully saturated rings. The zero-order valence-electron chi connectivity index (χ0n) is 13.8. The average Bonchev–Trinajstić information content (AvgIpc) is 2.64. The van der Waals surface area contributed by atoms with Crippen LogP contribution >= 0.6 is 23.4 Å². The van der Waals surface area contributed by atoms with Crippen molar-refractivity contribution in [3.05, 3.63) is 64.9 Å². The molecule has 0 aliphatic carbocycles. The van der Waals surface area contributed by atoms with Crippen LogP contribution in [-0.4, -0.2) is 54.2 Å². The molecular weight excluding hydrogens is 359 g/mol. The van der Waals surface area contributed by atoms with Gasteiger partial charge < -0.3 is 4.90 Å². The Morgan fingerprint density at radius 1 is 1.00 bits per heavy atom. The third-order valence-electron chi connectivity index (χ3n) is 4.24. The Labute approximate surface area is 156 Å². The van der Waals surface area contributed by atoms with Gasteiger partial charge in [0.1, 0.15) is 5.82 Å². The third kappa shape index (κ3) is 5.21. The summed E-state index contributed by atoms with van der Waals surface area (Å²) in [6.45, 7) is 4.20. The molecule has 2 aromatic carbocycles. The largest absolute Gasteiger partial charge is 0.336 e. The zero-order valence-corrected chi connectivity index (χ0v) is 15.4. The van der Waals surface area contributed by atoms with Crippen molar-refractivity contribution in [2.75, 3.05) is 38.5 Å². The molecule has 0 spiro atoms. The van der Waals surface area contributed by atoms with Gasteiger partial charge in [-0.1, -0.05) is 11.6 Å². The molecule has 0 radical (unpaired) electrons. The second kappa shape index (κ2) is 8.70. The highest BCUT2D eigenvalue weighted by Crippen LogP contribution is 2.18. The van der Waals surface area contributed by atoms with Gasteiger partial charge >= 0.3 is 0 Å². The Morgan fingerprint density at radius 3 is 2.28 bits per heavy atom. The van der Waals surface area contributed by atoms with Gasteiger partial charge in [0.05, 0.1) is 0 Å². The number of amides is 1. The molecule has 0 aromatic heterocycles. The first-order valence-corrected chi connectivity index (χ1v) is 9.64. The molecule has 2 aromatic rings. The van der Waals surface area contributed by atoms with Crippen molar-refractivity contribution < 1.29 is 9.18 Å². The Morgan fingerprint density at radius 2 is 1.64 bits per heavy atom. The molecule has 6 heteroatoms. The quantitative estimate of drug-likeness (QED) is 0.734. The number of thioether (sulfide) groups is 1. The second-order valence-electron chi connectivity index (χ2n) is 5.94. The maximum absolute atomic E-state index is 12.9. The van der Waals surface area contributed by atoms with Crippen molar-refractivity contribution in [3.8, 4) is 0 Å². The summed E-state index contributed by atoms with van der Waals surface area (Å²) in [5, 5.41) is 0.639. The highest BCUT2D eigenvalue weighted by molar-refractivity contribution is 7.99. The number of hydrogen-bond donors (Lipinski definition) is 0. The van der Waals surface area contributed by atoms with E-state index in [1.165, 1.54) is 12.1 Å². The fourth-order valence-electron chi connectivity index (χ4n) is 2.77. The van der Waals surface area contributed by atoms with E-state index >= 15 is 0 Å². The Kier molecular flexibility index (Phi) is 6.34. The first-order chi connectivity index (χ1) is 12.1. The van der Waals surface area contributed by atoms with Crippen molar-refractivity contribution in [2.45, 2.75) is 4.90 Å². The van der Waals surface area contributed by atoms with E-state index in [1.807, 2.05) is 17.0 Å². The number of rotatable bonds is 5. The normalized spacial score (nSPS) is 15.4. The lowest BCUT2D eigenvalue weighted by atomic mass is 10.2. The fourth-order valence-corrected chi connectivity index (χ4v) is 3.81.